The predicted octanol–water partition coefficient (Wildman–Crippen LogP) is 2.70. The standard InChI is InChI=1S/C12H15N3O2/c1-3-4-5-14(2)11-6-10(9-13)7-12(8-11)15(16)17/h6-8H,3-5H2,1-2H3. The molecular formula is C12H15N3O2. The van der Waals surface area contributed by atoms with Crippen LogP contribution in [0.4, 0.5) is 11.4 Å². The van der Waals surface area contributed by atoms with Crippen LogP contribution in [0.25, 0.3) is 0 Å². The lowest BCUT2D eigenvalue weighted by Gasteiger charge is -2.18. The van der Waals surface area contributed by atoms with Crippen LogP contribution >= 0.6 is 0 Å². The van der Waals surface area contributed by atoms with Crippen LogP contribution in [0.15, 0.2) is 18.2 Å². The molecule has 0 aliphatic carbocycles. The summed E-state index contributed by atoms with van der Waals surface area (Å²) in [5.41, 5.74) is 0.990. The number of rotatable bonds is 5. The summed E-state index contributed by atoms with van der Waals surface area (Å²) >= 11 is 0. The Morgan fingerprint density at radius 1 is 1.47 bits per heavy atom. The molecule has 1 rings (SSSR count). The van der Waals surface area contributed by atoms with Crippen molar-refractivity contribution in [2.75, 3.05) is 18.5 Å². The van der Waals surface area contributed by atoms with Gasteiger partial charge in [-0.2, -0.15) is 5.26 Å². The number of hydrogen-bond donors (Lipinski definition) is 0. The molecule has 0 bridgehead atoms. The average Bonchev–Trinajstić information content (AvgIpc) is 2.35. The van der Waals surface area contributed by atoms with Gasteiger partial charge in [0.1, 0.15) is 0 Å². The molecule has 0 fully saturated rings. The number of anilines is 1. The smallest absolute Gasteiger partial charge is 0.272 e. The van der Waals surface area contributed by atoms with Gasteiger partial charge in [0.05, 0.1) is 16.6 Å². The third-order valence-electron chi connectivity index (χ3n) is 2.53. The number of benzene rings is 1. The molecule has 0 aliphatic heterocycles. The second-order valence-corrected chi connectivity index (χ2v) is 3.88. The molecule has 1 aromatic carbocycles. The van der Waals surface area contributed by atoms with Crippen LogP contribution < -0.4 is 4.90 Å². The second-order valence-electron chi connectivity index (χ2n) is 3.88. The largest absolute Gasteiger partial charge is 0.374 e. The van der Waals surface area contributed by atoms with E-state index in [0.29, 0.717) is 11.3 Å². The van der Waals surface area contributed by atoms with Gasteiger partial charge in [-0.1, -0.05) is 13.3 Å². The minimum absolute atomic E-state index is 0.0394. The minimum Gasteiger partial charge on any atom is -0.374 e. The maximum absolute atomic E-state index is 10.7. The quantitative estimate of drug-likeness (QED) is 0.579. The zero-order chi connectivity index (χ0) is 12.8. The molecule has 0 aliphatic rings. The summed E-state index contributed by atoms with van der Waals surface area (Å²) < 4.78 is 0. The third kappa shape index (κ3) is 3.45. The van der Waals surface area contributed by atoms with Gasteiger partial charge in [0.2, 0.25) is 0 Å². The first kappa shape index (κ1) is 13.0. The van der Waals surface area contributed by atoms with E-state index in [-0.39, 0.29) is 5.69 Å². The Bertz CT molecular complexity index is 452. The van der Waals surface area contributed by atoms with Crippen molar-refractivity contribution >= 4 is 11.4 Å². The van der Waals surface area contributed by atoms with Crippen LogP contribution in [0.3, 0.4) is 0 Å². The van der Waals surface area contributed by atoms with Gasteiger partial charge < -0.3 is 4.90 Å². The number of hydrogen-bond acceptors (Lipinski definition) is 4. The van der Waals surface area contributed by atoms with Crippen molar-refractivity contribution in [3.8, 4) is 6.07 Å². The van der Waals surface area contributed by atoms with E-state index in [1.165, 1.54) is 12.1 Å². The van der Waals surface area contributed by atoms with Crippen molar-refractivity contribution in [2.24, 2.45) is 0 Å². The fourth-order valence-corrected chi connectivity index (χ4v) is 1.51. The summed E-state index contributed by atoms with van der Waals surface area (Å²) in [6.45, 7) is 2.91. The van der Waals surface area contributed by atoms with Crippen LogP contribution in [0.1, 0.15) is 25.3 Å². The highest BCUT2D eigenvalue weighted by molar-refractivity contribution is 5.58. The number of nitro benzene ring substituents is 1. The summed E-state index contributed by atoms with van der Waals surface area (Å²) in [6, 6.07) is 6.40. The first-order valence-corrected chi connectivity index (χ1v) is 5.49. The molecule has 0 heterocycles. The Morgan fingerprint density at radius 2 is 2.18 bits per heavy atom. The average molecular weight is 233 g/mol. The number of nitrogens with zero attached hydrogens (tertiary/aromatic N) is 3. The minimum atomic E-state index is -0.474. The predicted molar refractivity (Wildman–Crippen MR) is 66.0 cm³/mol. The van der Waals surface area contributed by atoms with E-state index < -0.39 is 4.92 Å². The summed E-state index contributed by atoms with van der Waals surface area (Å²) in [6.07, 6.45) is 2.07. The molecule has 0 atom stereocenters. The maximum atomic E-state index is 10.7. The van der Waals surface area contributed by atoms with Gasteiger partial charge in [-0.25, -0.2) is 0 Å². The van der Waals surface area contributed by atoms with Gasteiger partial charge >= 0.3 is 0 Å². The lowest BCUT2D eigenvalue weighted by molar-refractivity contribution is -0.384. The molecule has 1 aromatic rings. The molecule has 0 saturated carbocycles. The van der Waals surface area contributed by atoms with Crippen molar-refractivity contribution in [2.45, 2.75) is 19.8 Å². The molecule has 0 amide bonds. The first-order chi connectivity index (χ1) is 8.08. The molecule has 90 valence electrons. The third-order valence-corrected chi connectivity index (χ3v) is 2.53. The highest BCUT2D eigenvalue weighted by atomic mass is 16.6. The molecule has 0 unspecified atom stereocenters. The lowest BCUT2D eigenvalue weighted by atomic mass is 10.1. The normalized spacial score (nSPS) is 9.71. The molecule has 17 heavy (non-hydrogen) atoms. The Balaban J connectivity index is 3.03. The number of non-ortho nitro benzene ring substituents is 1. The van der Waals surface area contributed by atoms with Crippen molar-refractivity contribution in [1.29, 1.82) is 5.26 Å². The van der Waals surface area contributed by atoms with E-state index in [1.54, 1.807) is 6.07 Å². The Labute approximate surface area is 100 Å². The summed E-state index contributed by atoms with van der Waals surface area (Å²) in [7, 11) is 1.87. The highest BCUT2D eigenvalue weighted by Crippen LogP contribution is 2.23. The summed E-state index contributed by atoms with van der Waals surface area (Å²) in [4.78, 5) is 12.2. The van der Waals surface area contributed by atoms with E-state index in [2.05, 4.69) is 6.92 Å². The highest BCUT2D eigenvalue weighted by Gasteiger charge is 2.11. The van der Waals surface area contributed by atoms with E-state index >= 15 is 0 Å². The van der Waals surface area contributed by atoms with Crippen LogP contribution in [-0.2, 0) is 0 Å². The van der Waals surface area contributed by atoms with Gasteiger partial charge in [-0.15, -0.1) is 0 Å². The van der Waals surface area contributed by atoms with Crippen molar-refractivity contribution in [1.82, 2.24) is 0 Å². The molecule has 0 saturated heterocycles. The fourth-order valence-electron chi connectivity index (χ4n) is 1.51. The van der Waals surface area contributed by atoms with Crippen LogP contribution in [0, 0.1) is 21.4 Å². The van der Waals surface area contributed by atoms with Gasteiger partial charge in [-0.3, -0.25) is 10.1 Å². The Morgan fingerprint density at radius 3 is 2.71 bits per heavy atom. The van der Waals surface area contributed by atoms with E-state index in [1.807, 2.05) is 18.0 Å². The maximum Gasteiger partial charge on any atom is 0.272 e. The van der Waals surface area contributed by atoms with Crippen LogP contribution in [0.2, 0.25) is 0 Å². The van der Waals surface area contributed by atoms with Gasteiger partial charge in [0, 0.05) is 31.4 Å². The zero-order valence-electron chi connectivity index (χ0n) is 10.0. The first-order valence-electron chi connectivity index (χ1n) is 5.49. The van der Waals surface area contributed by atoms with E-state index in [4.69, 9.17) is 5.26 Å². The molecule has 5 heteroatoms. The fraction of sp³-hybridized carbons (Fsp3) is 0.417. The topological polar surface area (TPSA) is 70.2 Å². The molecular weight excluding hydrogens is 218 g/mol. The van der Waals surface area contributed by atoms with Gasteiger partial charge in [0.15, 0.2) is 0 Å². The molecule has 0 radical (unpaired) electrons. The molecule has 0 N–H and O–H groups in total. The van der Waals surface area contributed by atoms with Crippen molar-refractivity contribution in [3.05, 3.63) is 33.9 Å². The second kappa shape index (κ2) is 5.85. The van der Waals surface area contributed by atoms with E-state index in [0.717, 1.165) is 19.4 Å². The lowest BCUT2D eigenvalue weighted by Crippen LogP contribution is -2.18. The number of unbranched alkanes of at least 4 members (excludes halogenated alkanes) is 1. The van der Waals surface area contributed by atoms with E-state index in [9.17, 15) is 10.1 Å². The van der Waals surface area contributed by atoms with Crippen LogP contribution in [-0.4, -0.2) is 18.5 Å². The molecule has 5 nitrogen and oxygen atoms in total. The summed E-state index contributed by atoms with van der Waals surface area (Å²) in [5.74, 6) is 0. The SMILES string of the molecule is CCCCN(C)c1cc(C#N)cc([N+](=O)[O-])c1. The summed E-state index contributed by atoms with van der Waals surface area (Å²) in [5, 5.41) is 19.6. The van der Waals surface area contributed by atoms with Crippen molar-refractivity contribution in [3.63, 3.8) is 0 Å². The van der Waals surface area contributed by atoms with Gasteiger partial charge in [-0.05, 0) is 12.5 Å². The molecule has 0 spiro atoms. The zero-order valence-corrected chi connectivity index (χ0v) is 10.0. The monoisotopic (exact) mass is 233 g/mol. The van der Waals surface area contributed by atoms with Gasteiger partial charge in [0.25, 0.3) is 5.69 Å². The van der Waals surface area contributed by atoms with Crippen molar-refractivity contribution < 1.29 is 4.92 Å². The number of nitriles is 1. The Kier molecular flexibility index (Phi) is 4.46. The number of nitro groups is 1. The molecule has 0 aromatic heterocycles. The van der Waals surface area contributed by atoms with Crippen LogP contribution in [0.5, 0.6) is 0 Å². The Hall–Kier alpha value is -2.09.